The average Bonchev–Trinajstić information content (AvgIpc) is 2.43. The molecule has 0 atom stereocenters. The van der Waals surface area contributed by atoms with Crippen LogP contribution in [-0.2, 0) is 6.18 Å². The maximum Gasteiger partial charge on any atom is 0.417 e. The van der Waals surface area contributed by atoms with Crippen LogP contribution in [0.4, 0.5) is 19.0 Å². The van der Waals surface area contributed by atoms with Gasteiger partial charge in [0.25, 0.3) is 0 Å². The van der Waals surface area contributed by atoms with E-state index in [1.54, 1.807) is 6.07 Å². The fourth-order valence-corrected chi connectivity index (χ4v) is 2.54. The molecule has 0 unspecified atom stereocenters. The summed E-state index contributed by atoms with van der Waals surface area (Å²) in [5.41, 5.74) is 2.00. The van der Waals surface area contributed by atoms with Gasteiger partial charge in [-0.05, 0) is 46.9 Å². The molecule has 0 aliphatic heterocycles. The van der Waals surface area contributed by atoms with Crippen molar-refractivity contribution < 1.29 is 18.3 Å². The number of hydrazone groups is 1. The number of alkyl halides is 3. The molecule has 0 saturated heterocycles. The van der Waals surface area contributed by atoms with Crippen molar-refractivity contribution >= 4 is 46.2 Å². The molecule has 0 saturated carbocycles. The Kier molecular flexibility index (Phi) is 5.12. The fraction of sp³-hybridized carbons (Fsp3) is 0.0769. The molecule has 0 amide bonds. The molecule has 1 aromatic heterocycles. The molecule has 9 heteroatoms. The number of anilines is 1. The van der Waals surface area contributed by atoms with Crippen molar-refractivity contribution in [1.82, 2.24) is 4.98 Å². The quantitative estimate of drug-likeness (QED) is 0.419. The lowest BCUT2D eigenvalue weighted by Crippen LogP contribution is -2.05. The third-order valence-corrected chi connectivity index (χ3v) is 3.57. The van der Waals surface area contributed by atoms with Crippen LogP contribution in [0.2, 0.25) is 5.02 Å². The van der Waals surface area contributed by atoms with Gasteiger partial charge in [-0.3, -0.25) is 5.43 Å². The van der Waals surface area contributed by atoms with Gasteiger partial charge in [0.1, 0.15) is 11.6 Å². The van der Waals surface area contributed by atoms with E-state index in [9.17, 15) is 18.3 Å². The SMILES string of the molecule is Oc1c(I)cc(Cl)cc1/C=N\Nc1ccc(C(F)(F)F)cn1. The summed E-state index contributed by atoms with van der Waals surface area (Å²) in [7, 11) is 0. The molecule has 0 fully saturated rings. The molecule has 0 aliphatic rings. The molecular formula is C13H8ClF3IN3O. The summed E-state index contributed by atoms with van der Waals surface area (Å²) in [5.74, 6) is 0.149. The van der Waals surface area contributed by atoms with Crippen molar-refractivity contribution in [2.75, 3.05) is 5.43 Å². The lowest BCUT2D eigenvalue weighted by molar-refractivity contribution is -0.137. The minimum absolute atomic E-state index is 0.0101. The molecule has 0 spiro atoms. The second kappa shape index (κ2) is 6.69. The van der Waals surface area contributed by atoms with Gasteiger partial charge in [0.05, 0.1) is 15.3 Å². The molecule has 2 aromatic rings. The molecule has 0 bridgehead atoms. The van der Waals surface area contributed by atoms with E-state index in [4.69, 9.17) is 11.6 Å². The number of hydrogen-bond acceptors (Lipinski definition) is 4. The van der Waals surface area contributed by atoms with Gasteiger partial charge < -0.3 is 5.11 Å². The Morgan fingerprint density at radius 2 is 2.05 bits per heavy atom. The maximum atomic E-state index is 12.4. The van der Waals surface area contributed by atoms with Crippen LogP contribution in [0, 0.1) is 3.57 Å². The summed E-state index contributed by atoms with van der Waals surface area (Å²) < 4.78 is 37.7. The van der Waals surface area contributed by atoms with Gasteiger partial charge in [0.15, 0.2) is 0 Å². The van der Waals surface area contributed by atoms with E-state index in [1.165, 1.54) is 12.3 Å². The Morgan fingerprint density at radius 3 is 2.64 bits per heavy atom. The van der Waals surface area contributed by atoms with Crippen LogP contribution in [0.15, 0.2) is 35.6 Å². The van der Waals surface area contributed by atoms with E-state index >= 15 is 0 Å². The van der Waals surface area contributed by atoms with Crippen molar-refractivity contribution in [3.05, 3.63) is 50.2 Å². The van der Waals surface area contributed by atoms with Crippen LogP contribution in [0.25, 0.3) is 0 Å². The largest absolute Gasteiger partial charge is 0.506 e. The lowest BCUT2D eigenvalue weighted by atomic mass is 10.2. The topological polar surface area (TPSA) is 57.5 Å². The van der Waals surface area contributed by atoms with Gasteiger partial charge in [-0.2, -0.15) is 18.3 Å². The van der Waals surface area contributed by atoms with Gasteiger partial charge in [-0.1, -0.05) is 11.6 Å². The highest BCUT2D eigenvalue weighted by atomic mass is 127. The van der Waals surface area contributed by atoms with E-state index in [2.05, 4.69) is 15.5 Å². The number of nitrogens with one attached hydrogen (secondary N) is 1. The summed E-state index contributed by atoms with van der Waals surface area (Å²) >= 11 is 7.78. The molecule has 1 aromatic carbocycles. The molecule has 1 heterocycles. The van der Waals surface area contributed by atoms with Gasteiger partial charge >= 0.3 is 6.18 Å². The predicted octanol–water partition coefficient (Wildman–Crippen LogP) is 4.51. The predicted molar refractivity (Wildman–Crippen MR) is 86.3 cm³/mol. The van der Waals surface area contributed by atoms with E-state index in [0.717, 1.165) is 12.1 Å². The van der Waals surface area contributed by atoms with E-state index in [1.807, 2.05) is 22.6 Å². The zero-order valence-corrected chi connectivity index (χ0v) is 13.6. The third kappa shape index (κ3) is 4.23. The van der Waals surface area contributed by atoms with Gasteiger partial charge in [-0.15, -0.1) is 0 Å². The lowest BCUT2D eigenvalue weighted by Gasteiger charge is -2.06. The number of phenols is 1. The minimum atomic E-state index is -4.43. The summed E-state index contributed by atoms with van der Waals surface area (Å²) in [4.78, 5) is 3.60. The number of phenolic OH excluding ortho intramolecular Hbond substituents is 1. The standard InChI is InChI=1S/C13H8ClF3IN3O/c14-9-3-7(12(22)10(18)4-9)5-20-21-11-2-1-8(6-19-11)13(15,16)17/h1-6,22H,(H,19,21)/b20-5-. The first-order chi connectivity index (χ1) is 10.3. The Morgan fingerprint density at radius 1 is 1.32 bits per heavy atom. The smallest absolute Gasteiger partial charge is 0.417 e. The van der Waals surface area contributed by atoms with Crippen molar-refractivity contribution in [3.8, 4) is 5.75 Å². The highest BCUT2D eigenvalue weighted by Crippen LogP contribution is 2.29. The number of halogens is 5. The molecule has 4 nitrogen and oxygen atoms in total. The number of benzene rings is 1. The van der Waals surface area contributed by atoms with Crippen molar-refractivity contribution in [2.45, 2.75) is 6.18 Å². The molecule has 0 radical (unpaired) electrons. The third-order valence-electron chi connectivity index (χ3n) is 2.53. The number of pyridine rings is 1. The van der Waals surface area contributed by atoms with Gasteiger partial charge in [0, 0.05) is 16.8 Å². The Balaban J connectivity index is 2.10. The number of rotatable bonds is 3. The zero-order chi connectivity index (χ0) is 16.3. The number of hydrogen-bond donors (Lipinski definition) is 2. The Labute approximate surface area is 142 Å². The van der Waals surface area contributed by atoms with Gasteiger partial charge in [-0.25, -0.2) is 4.98 Å². The van der Waals surface area contributed by atoms with Crippen molar-refractivity contribution in [3.63, 3.8) is 0 Å². The molecule has 0 aliphatic carbocycles. The highest BCUT2D eigenvalue weighted by Gasteiger charge is 2.30. The first kappa shape index (κ1) is 16.8. The van der Waals surface area contributed by atoms with E-state index in [0.29, 0.717) is 20.4 Å². The van der Waals surface area contributed by atoms with Crippen LogP contribution in [-0.4, -0.2) is 16.3 Å². The van der Waals surface area contributed by atoms with Crippen molar-refractivity contribution in [1.29, 1.82) is 0 Å². The number of aromatic nitrogens is 1. The van der Waals surface area contributed by atoms with Crippen LogP contribution in [0.3, 0.4) is 0 Å². The van der Waals surface area contributed by atoms with E-state index in [-0.39, 0.29) is 11.6 Å². The average molecular weight is 442 g/mol. The second-order valence-corrected chi connectivity index (χ2v) is 5.72. The highest BCUT2D eigenvalue weighted by molar-refractivity contribution is 14.1. The van der Waals surface area contributed by atoms with Crippen LogP contribution < -0.4 is 5.43 Å². The monoisotopic (exact) mass is 441 g/mol. The fourth-order valence-electron chi connectivity index (χ4n) is 1.48. The first-order valence-corrected chi connectivity index (χ1v) is 7.23. The minimum Gasteiger partial charge on any atom is -0.506 e. The molecule has 2 rings (SSSR count). The second-order valence-electron chi connectivity index (χ2n) is 4.13. The summed E-state index contributed by atoms with van der Waals surface area (Å²) in [6.07, 6.45) is -2.43. The summed E-state index contributed by atoms with van der Waals surface area (Å²) in [6.45, 7) is 0. The van der Waals surface area contributed by atoms with Crippen LogP contribution in [0.5, 0.6) is 5.75 Å². The van der Waals surface area contributed by atoms with Crippen molar-refractivity contribution in [2.24, 2.45) is 5.10 Å². The normalized spacial score (nSPS) is 11.9. The summed E-state index contributed by atoms with van der Waals surface area (Å²) in [5, 5.41) is 14.1. The summed E-state index contributed by atoms with van der Waals surface area (Å²) in [6, 6.07) is 5.14. The maximum absolute atomic E-state index is 12.4. The molecule has 116 valence electrons. The number of aromatic hydroxyl groups is 1. The molecule has 2 N–H and O–H groups in total. The zero-order valence-electron chi connectivity index (χ0n) is 10.7. The van der Waals surface area contributed by atoms with Crippen LogP contribution in [0.1, 0.15) is 11.1 Å². The molecule has 22 heavy (non-hydrogen) atoms. The van der Waals surface area contributed by atoms with Crippen LogP contribution >= 0.6 is 34.2 Å². The Bertz CT molecular complexity index is 705. The van der Waals surface area contributed by atoms with Gasteiger partial charge in [0.2, 0.25) is 0 Å². The Hall–Kier alpha value is -1.55. The first-order valence-electron chi connectivity index (χ1n) is 5.77. The number of nitrogens with zero attached hydrogens (tertiary/aromatic N) is 2. The van der Waals surface area contributed by atoms with E-state index < -0.39 is 11.7 Å². The molecular weight excluding hydrogens is 434 g/mol.